The molecule has 26 heavy (non-hydrogen) atoms. The van der Waals surface area contributed by atoms with Crippen LogP contribution < -0.4 is 0 Å². The normalized spacial score (nSPS) is 43.8. The second-order valence-electron chi connectivity index (χ2n) is 9.82. The van der Waals surface area contributed by atoms with E-state index in [1.165, 1.54) is 6.42 Å². The van der Waals surface area contributed by atoms with Gasteiger partial charge in [0, 0.05) is 19.1 Å². The fourth-order valence-corrected chi connectivity index (χ4v) is 6.63. The van der Waals surface area contributed by atoms with Crippen LogP contribution in [0.25, 0.3) is 0 Å². The van der Waals surface area contributed by atoms with Gasteiger partial charge in [-0.3, -0.25) is 4.79 Å². The Bertz CT molecular complexity index is 627. The number of hydrogen-bond acceptors (Lipinski definition) is 4. The number of carbonyl (C=O) groups is 2. The summed E-state index contributed by atoms with van der Waals surface area (Å²) < 4.78 is 5.27. The number of nitrogens with zero attached hydrogens (tertiary/aromatic N) is 2. The summed E-state index contributed by atoms with van der Waals surface area (Å²) >= 11 is 0. The lowest BCUT2D eigenvalue weighted by atomic mass is 9.54. The molecule has 0 N–H and O–H groups in total. The van der Waals surface area contributed by atoms with Crippen LogP contribution in [0.15, 0.2) is 0 Å². The first kappa shape index (κ1) is 17.0. The highest BCUT2D eigenvalue weighted by Gasteiger charge is 2.71. The van der Waals surface area contributed by atoms with Crippen molar-refractivity contribution in [2.75, 3.05) is 19.7 Å². The lowest BCUT2D eigenvalue weighted by Gasteiger charge is -2.53. The van der Waals surface area contributed by atoms with Crippen molar-refractivity contribution in [2.45, 2.75) is 71.0 Å². The summed E-state index contributed by atoms with van der Waals surface area (Å²) in [7, 11) is 0. The van der Waals surface area contributed by atoms with E-state index in [1.807, 2.05) is 11.8 Å². The third kappa shape index (κ3) is 2.31. The largest absolute Gasteiger partial charge is 0.464 e. The molecular formula is C21H32N2O3. The van der Waals surface area contributed by atoms with Gasteiger partial charge in [-0.15, -0.1) is 0 Å². The smallest absolute Gasteiger partial charge is 0.331 e. The quantitative estimate of drug-likeness (QED) is 0.558. The molecule has 5 fully saturated rings. The number of amides is 1. The first-order valence-corrected chi connectivity index (χ1v) is 10.7. The summed E-state index contributed by atoms with van der Waals surface area (Å²) in [5, 5.41) is 0. The topological polar surface area (TPSA) is 49.6 Å². The van der Waals surface area contributed by atoms with Crippen LogP contribution in [0.2, 0.25) is 0 Å². The molecule has 2 bridgehead atoms. The van der Waals surface area contributed by atoms with Crippen LogP contribution in [0, 0.1) is 29.1 Å². The zero-order valence-electron chi connectivity index (χ0n) is 16.3. The van der Waals surface area contributed by atoms with Crippen LogP contribution in [-0.2, 0) is 14.3 Å². The van der Waals surface area contributed by atoms with E-state index in [0.29, 0.717) is 42.2 Å². The number of hydrogen-bond donors (Lipinski definition) is 0. The maximum Gasteiger partial charge on any atom is 0.331 e. The Balaban J connectivity index is 1.34. The number of likely N-dealkylation sites (tertiary alicyclic amines) is 1. The number of rotatable bonds is 5. The second-order valence-corrected chi connectivity index (χ2v) is 9.82. The average Bonchev–Trinajstić information content (AvgIpc) is 3.43. The summed E-state index contributed by atoms with van der Waals surface area (Å²) in [5.41, 5.74) is -0.146. The van der Waals surface area contributed by atoms with Gasteiger partial charge >= 0.3 is 5.97 Å². The molecule has 1 amide bonds. The van der Waals surface area contributed by atoms with Gasteiger partial charge in [-0.05, 0) is 76.5 Å². The van der Waals surface area contributed by atoms with Crippen LogP contribution in [0.1, 0.15) is 52.9 Å². The van der Waals surface area contributed by atoms with Gasteiger partial charge in [-0.2, -0.15) is 0 Å². The predicted molar refractivity (Wildman–Crippen MR) is 97.2 cm³/mol. The van der Waals surface area contributed by atoms with Gasteiger partial charge in [0.15, 0.2) is 6.04 Å². The lowest BCUT2D eigenvalue weighted by Crippen LogP contribution is -2.57. The van der Waals surface area contributed by atoms with Crippen molar-refractivity contribution in [3.63, 3.8) is 0 Å². The molecule has 4 unspecified atom stereocenters. The van der Waals surface area contributed by atoms with Gasteiger partial charge < -0.3 is 14.5 Å². The van der Waals surface area contributed by atoms with Crippen molar-refractivity contribution in [1.82, 2.24) is 9.80 Å². The predicted octanol–water partition coefficient (Wildman–Crippen LogP) is 2.30. The SMILES string of the molecule is CCOC(=O)[C@H]1[C@H](C2CC2)N1C(=O)C12CC3CC1C(CN(C(C)C)C3)C2. The van der Waals surface area contributed by atoms with Gasteiger partial charge in [0.05, 0.1) is 18.1 Å². The molecule has 5 rings (SSSR count). The van der Waals surface area contributed by atoms with Gasteiger partial charge in [-0.1, -0.05) is 0 Å². The van der Waals surface area contributed by atoms with E-state index in [4.69, 9.17) is 4.74 Å². The molecular weight excluding hydrogens is 328 g/mol. The first-order valence-electron chi connectivity index (χ1n) is 10.7. The fraction of sp³-hybridized carbons (Fsp3) is 0.905. The molecule has 2 aliphatic heterocycles. The Morgan fingerprint density at radius 3 is 2.58 bits per heavy atom. The van der Waals surface area contributed by atoms with Crippen molar-refractivity contribution in [3.8, 4) is 0 Å². The molecule has 0 aromatic rings. The molecule has 5 heteroatoms. The van der Waals surface area contributed by atoms with Crippen LogP contribution in [0.4, 0.5) is 0 Å². The minimum Gasteiger partial charge on any atom is -0.464 e. The Morgan fingerprint density at radius 1 is 1.15 bits per heavy atom. The number of carbonyl (C=O) groups excluding carboxylic acids is 2. The van der Waals surface area contributed by atoms with Crippen molar-refractivity contribution >= 4 is 11.9 Å². The summed E-state index contributed by atoms with van der Waals surface area (Å²) in [5.74, 6) is 2.55. The van der Waals surface area contributed by atoms with E-state index in [0.717, 1.165) is 38.8 Å². The molecule has 6 atom stereocenters. The standard InChI is InChI=1S/C21H32N2O3/c1-4-26-19(24)18-17(14-5-6-14)23(18)20(25)21-8-13-7-16(21)15(9-21)11-22(10-13)12(2)3/h12-18H,4-11H2,1-3H3/t13?,15?,16?,17-,18+,21?,23?/m0/s1. The Hall–Kier alpha value is -1.10. The maximum atomic E-state index is 13.6. The zero-order valence-corrected chi connectivity index (χ0v) is 16.3. The molecule has 0 aromatic carbocycles. The van der Waals surface area contributed by atoms with Crippen molar-refractivity contribution in [3.05, 3.63) is 0 Å². The van der Waals surface area contributed by atoms with E-state index >= 15 is 0 Å². The minimum atomic E-state index is -0.279. The Morgan fingerprint density at radius 2 is 1.92 bits per heavy atom. The van der Waals surface area contributed by atoms with E-state index in [1.54, 1.807) is 0 Å². The van der Waals surface area contributed by atoms with Crippen LogP contribution in [0.3, 0.4) is 0 Å². The highest BCUT2D eigenvalue weighted by Crippen LogP contribution is 2.66. The first-order chi connectivity index (χ1) is 12.5. The third-order valence-electron chi connectivity index (χ3n) is 7.99. The summed E-state index contributed by atoms with van der Waals surface area (Å²) in [4.78, 5) is 30.5. The van der Waals surface area contributed by atoms with E-state index in [9.17, 15) is 9.59 Å². The van der Waals surface area contributed by atoms with Crippen LogP contribution >= 0.6 is 0 Å². The molecule has 5 nitrogen and oxygen atoms in total. The van der Waals surface area contributed by atoms with Crippen molar-refractivity contribution in [1.29, 1.82) is 0 Å². The van der Waals surface area contributed by atoms with Crippen LogP contribution in [-0.4, -0.2) is 59.5 Å². The molecule has 2 saturated heterocycles. The van der Waals surface area contributed by atoms with Crippen molar-refractivity contribution in [2.24, 2.45) is 29.1 Å². The fourth-order valence-electron chi connectivity index (χ4n) is 6.63. The van der Waals surface area contributed by atoms with Gasteiger partial charge in [0.25, 0.3) is 0 Å². The van der Waals surface area contributed by atoms with E-state index in [-0.39, 0.29) is 23.5 Å². The highest BCUT2D eigenvalue weighted by atomic mass is 16.5. The molecule has 5 aliphatic rings. The van der Waals surface area contributed by atoms with E-state index in [2.05, 4.69) is 18.7 Å². The average molecular weight is 360 g/mol. The maximum absolute atomic E-state index is 13.6. The summed E-state index contributed by atoms with van der Waals surface area (Å²) in [6, 6.07) is 0.461. The van der Waals surface area contributed by atoms with Crippen molar-refractivity contribution < 1.29 is 14.3 Å². The molecule has 0 radical (unpaired) electrons. The summed E-state index contributed by atoms with van der Waals surface area (Å²) in [6.45, 7) is 9.12. The Kier molecular flexibility index (Phi) is 3.73. The lowest BCUT2D eigenvalue weighted by molar-refractivity contribution is -0.157. The number of ether oxygens (including phenoxy) is 1. The van der Waals surface area contributed by atoms with E-state index < -0.39 is 0 Å². The highest BCUT2D eigenvalue weighted by molar-refractivity contribution is 5.95. The summed E-state index contributed by atoms with van der Waals surface area (Å²) in [6.07, 6.45) is 5.62. The van der Waals surface area contributed by atoms with Gasteiger partial charge in [-0.25, -0.2) is 4.79 Å². The molecule has 144 valence electrons. The van der Waals surface area contributed by atoms with Gasteiger partial charge in [0.2, 0.25) is 5.91 Å². The second kappa shape index (κ2) is 5.70. The Labute approximate surface area is 156 Å². The zero-order chi connectivity index (χ0) is 18.2. The third-order valence-corrected chi connectivity index (χ3v) is 7.99. The number of esters is 1. The monoisotopic (exact) mass is 360 g/mol. The molecule has 2 heterocycles. The van der Waals surface area contributed by atoms with Gasteiger partial charge in [0.1, 0.15) is 0 Å². The molecule has 3 saturated carbocycles. The van der Waals surface area contributed by atoms with Crippen LogP contribution in [0.5, 0.6) is 0 Å². The minimum absolute atomic E-state index is 0.143. The molecule has 0 aromatic heterocycles. The number of fused-ring (bicyclic) bond motifs is 1. The molecule has 0 spiro atoms. The molecule has 3 aliphatic carbocycles.